The molecule has 0 aliphatic rings. The molecule has 0 radical (unpaired) electrons. The van der Waals surface area contributed by atoms with Crippen molar-refractivity contribution < 1.29 is 23.5 Å². The van der Waals surface area contributed by atoms with Gasteiger partial charge in [0.15, 0.2) is 11.2 Å². The SMILES string of the molecule is CCOP(=O)(NCCCO)OCCOCn1cnc2c(=O)[nH]c(N)nc21. The van der Waals surface area contributed by atoms with Gasteiger partial charge in [-0.1, -0.05) is 0 Å². The number of H-pyrrole nitrogens is 1. The molecule has 1 atom stereocenters. The molecule has 0 aromatic carbocycles. The fraction of sp³-hybridized carbons (Fsp3) is 0.615. The average molecular weight is 390 g/mol. The van der Waals surface area contributed by atoms with Crippen molar-refractivity contribution >= 4 is 24.9 Å². The third kappa shape index (κ3) is 5.59. The van der Waals surface area contributed by atoms with Crippen LogP contribution in [0.4, 0.5) is 5.95 Å². The van der Waals surface area contributed by atoms with Crippen LogP contribution in [0.1, 0.15) is 13.3 Å². The third-order valence-electron chi connectivity index (χ3n) is 3.15. The summed E-state index contributed by atoms with van der Waals surface area (Å²) in [6, 6.07) is 0. The number of hydrogen-bond acceptors (Lipinski definition) is 9. The van der Waals surface area contributed by atoms with Crippen molar-refractivity contribution in [3.63, 3.8) is 0 Å². The number of fused-ring (bicyclic) bond motifs is 1. The number of anilines is 1. The molecule has 26 heavy (non-hydrogen) atoms. The molecule has 0 saturated heterocycles. The van der Waals surface area contributed by atoms with E-state index in [0.29, 0.717) is 18.6 Å². The minimum absolute atomic E-state index is 0.0146. The summed E-state index contributed by atoms with van der Waals surface area (Å²) in [6.07, 6.45) is 1.84. The lowest BCUT2D eigenvalue weighted by molar-refractivity contribution is 0.0499. The number of nitrogens with two attached hydrogens (primary N) is 1. The first-order valence-electron chi connectivity index (χ1n) is 8.02. The van der Waals surface area contributed by atoms with Gasteiger partial charge in [0.2, 0.25) is 5.95 Å². The lowest BCUT2D eigenvalue weighted by Gasteiger charge is -2.18. The Morgan fingerprint density at radius 1 is 1.42 bits per heavy atom. The molecular formula is C13H23N6O6P. The van der Waals surface area contributed by atoms with E-state index in [1.165, 1.54) is 10.9 Å². The summed E-state index contributed by atoms with van der Waals surface area (Å²) >= 11 is 0. The van der Waals surface area contributed by atoms with Gasteiger partial charge in [-0.15, -0.1) is 0 Å². The van der Waals surface area contributed by atoms with Gasteiger partial charge >= 0.3 is 7.75 Å². The number of ether oxygens (including phenoxy) is 1. The normalized spacial score (nSPS) is 13.9. The summed E-state index contributed by atoms with van der Waals surface area (Å²) in [5.41, 5.74) is 5.55. The lowest BCUT2D eigenvalue weighted by Crippen LogP contribution is -2.19. The summed E-state index contributed by atoms with van der Waals surface area (Å²) in [6.45, 7) is 2.40. The van der Waals surface area contributed by atoms with Crippen molar-refractivity contribution in [2.75, 3.05) is 38.7 Å². The largest absolute Gasteiger partial charge is 0.405 e. The van der Waals surface area contributed by atoms with Gasteiger partial charge in [0.05, 0.1) is 26.1 Å². The summed E-state index contributed by atoms with van der Waals surface area (Å²) in [7, 11) is -3.44. The molecule has 0 spiro atoms. The van der Waals surface area contributed by atoms with E-state index in [-0.39, 0.29) is 44.6 Å². The summed E-state index contributed by atoms with van der Waals surface area (Å²) < 4.78 is 29.7. The zero-order valence-corrected chi connectivity index (χ0v) is 15.3. The van der Waals surface area contributed by atoms with Crippen LogP contribution >= 0.6 is 7.75 Å². The number of aliphatic hydroxyl groups is 1. The fourth-order valence-electron chi connectivity index (χ4n) is 2.04. The van der Waals surface area contributed by atoms with Crippen LogP contribution in [0.5, 0.6) is 0 Å². The Kier molecular flexibility index (Phi) is 7.69. The van der Waals surface area contributed by atoms with Crippen LogP contribution in [0.25, 0.3) is 11.2 Å². The Bertz CT molecular complexity index is 808. The Labute approximate surface area is 149 Å². The van der Waals surface area contributed by atoms with Crippen molar-refractivity contribution in [1.29, 1.82) is 0 Å². The fourth-order valence-corrected chi connectivity index (χ4v) is 3.38. The molecule has 0 saturated carbocycles. The van der Waals surface area contributed by atoms with Gasteiger partial charge in [-0.05, 0) is 13.3 Å². The zero-order chi connectivity index (χ0) is 19.0. The molecule has 2 heterocycles. The van der Waals surface area contributed by atoms with Gasteiger partial charge in [0.1, 0.15) is 6.73 Å². The predicted octanol–water partition coefficient (Wildman–Crippen LogP) is -0.191. The summed E-state index contributed by atoms with van der Waals surface area (Å²) in [4.78, 5) is 22.0. The first-order valence-corrected chi connectivity index (χ1v) is 9.57. The number of nitrogens with one attached hydrogen (secondary N) is 2. The maximum Gasteiger partial charge on any atom is 0.405 e. The molecule has 2 aromatic rings. The highest BCUT2D eigenvalue weighted by atomic mass is 31.2. The first-order chi connectivity index (χ1) is 12.5. The maximum atomic E-state index is 12.4. The highest BCUT2D eigenvalue weighted by molar-refractivity contribution is 7.51. The number of aliphatic hydroxyl groups excluding tert-OH is 1. The van der Waals surface area contributed by atoms with E-state index in [1.54, 1.807) is 6.92 Å². The van der Waals surface area contributed by atoms with Gasteiger partial charge in [-0.3, -0.25) is 23.4 Å². The van der Waals surface area contributed by atoms with Crippen molar-refractivity contribution in [3.8, 4) is 0 Å². The number of imidazole rings is 1. The molecule has 0 bridgehead atoms. The topological polar surface area (TPSA) is 167 Å². The first kappa shape index (κ1) is 20.5. The van der Waals surface area contributed by atoms with Crippen LogP contribution in [0.3, 0.4) is 0 Å². The van der Waals surface area contributed by atoms with E-state index < -0.39 is 13.3 Å². The summed E-state index contributed by atoms with van der Waals surface area (Å²) in [5.74, 6) is -0.0146. The van der Waals surface area contributed by atoms with Crippen LogP contribution in [-0.2, 0) is 25.1 Å². The minimum atomic E-state index is -3.44. The van der Waals surface area contributed by atoms with E-state index in [1.807, 2.05) is 0 Å². The minimum Gasteiger partial charge on any atom is -0.396 e. The van der Waals surface area contributed by atoms with E-state index in [0.717, 1.165) is 0 Å². The maximum absolute atomic E-state index is 12.4. The monoisotopic (exact) mass is 390 g/mol. The second kappa shape index (κ2) is 9.76. The zero-order valence-electron chi connectivity index (χ0n) is 14.4. The van der Waals surface area contributed by atoms with E-state index >= 15 is 0 Å². The highest BCUT2D eigenvalue weighted by Crippen LogP contribution is 2.43. The molecule has 2 rings (SSSR count). The Balaban J connectivity index is 1.83. The molecule has 0 aliphatic heterocycles. The molecule has 146 valence electrons. The molecule has 13 heteroatoms. The third-order valence-corrected chi connectivity index (χ3v) is 4.88. The number of rotatable bonds is 12. The van der Waals surface area contributed by atoms with E-state index in [4.69, 9.17) is 24.6 Å². The van der Waals surface area contributed by atoms with Crippen LogP contribution in [-0.4, -0.2) is 57.6 Å². The quantitative estimate of drug-likeness (QED) is 0.282. The second-order valence-electron chi connectivity index (χ2n) is 5.11. The molecule has 1 unspecified atom stereocenters. The second-order valence-corrected chi connectivity index (χ2v) is 6.94. The van der Waals surface area contributed by atoms with Gasteiger partial charge in [0.25, 0.3) is 5.56 Å². The lowest BCUT2D eigenvalue weighted by atomic mass is 10.5. The number of hydrogen-bond donors (Lipinski definition) is 4. The Hall–Kier alpha value is -1.82. The standard InChI is InChI=1S/C13H23N6O6P/c1-2-24-26(22,16-4-3-5-20)25-7-6-23-9-19-8-15-10-11(19)17-13(14)18-12(10)21/h8,20H,2-7,9H2,1H3,(H,16,22)(H3,14,17,18,21). The molecule has 5 N–H and O–H groups in total. The van der Waals surface area contributed by atoms with Crippen LogP contribution in [0, 0.1) is 0 Å². The molecule has 0 amide bonds. The summed E-state index contributed by atoms with van der Waals surface area (Å²) in [5, 5.41) is 11.4. The smallest absolute Gasteiger partial charge is 0.396 e. The average Bonchev–Trinajstić information content (AvgIpc) is 2.98. The van der Waals surface area contributed by atoms with Crippen LogP contribution in [0.2, 0.25) is 0 Å². The van der Waals surface area contributed by atoms with Gasteiger partial charge in [0, 0.05) is 13.2 Å². The van der Waals surface area contributed by atoms with Crippen molar-refractivity contribution in [2.45, 2.75) is 20.1 Å². The number of aromatic nitrogens is 4. The van der Waals surface area contributed by atoms with E-state index in [9.17, 15) is 9.36 Å². The van der Waals surface area contributed by atoms with Crippen LogP contribution < -0.4 is 16.4 Å². The predicted molar refractivity (Wildman–Crippen MR) is 93.4 cm³/mol. The molecule has 2 aromatic heterocycles. The molecule has 0 aliphatic carbocycles. The van der Waals surface area contributed by atoms with Crippen molar-refractivity contribution in [2.24, 2.45) is 0 Å². The number of nitrogens with zero attached hydrogens (tertiary/aromatic N) is 3. The molecular weight excluding hydrogens is 367 g/mol. The highest BCUT2D eigenvalue weighted by Gasteiger charge is 2.23. The Morgan fingerprint density at radius 3 is 2.96 bits per heavy atom. The van der Waals surface area contributed by atoms with E-state index in [2.05, 4.69) is 20.0 Å². The molecule has 0 fully saturated rings. The van der Waals surface area contributed by atoms with Crippen LogP contribution in [0.15, 0.2) is 11.1 Å². The van der Waals surface area contributed by atoms with Gasteiger partial charge < -0.3 is 15.6 Å². The van der Waals surface area contributed by atoms with Gasteiger partial charge in [-0.2, -0.15) is 4.98 Å². The van der Waals surface area contributed by atoms with Crippen molar-refractivity contribution in [3.05, 3.63) is 16.7 Å². The number of nitrogen functional groups attached to an aromatic ring is 1. The molecule has 12 nitrogen and oxygen atoms in total. The van der Waals surface area contributed by atoms with Crippen molar-refractivity contribution in [1.82, 2.24) is 24.6 Å². The number of aromatic amines is 1. The van der Waals surface area contributed by atoms with Gasteiger partial charge in [-0.25, -0.2) is 14.6 Å². The Morgan fingerprint density at radius 2 is 2.23 bits per heavy atom.